The van der Waals surface area contributed by atoms with E-state index in [9.17, 15) is 0 Å². The van der Waals surface area contributed by atoms with Crippen LogP contribution in [0.4, 0.5) is 0 Å². The van der Waals surface area contributed by atoms with Crippen molar-refractivity contribution in [1.29, 1.82) is 0 Å². The highest BCUT2D eigenvalue weighted by Gasteiger charge is 2.27. The van der Waals surface area contributed by atoms with Crippen LogP contribution < -0.4 is 0 Å². The van der Waals surface area contributed by atoms with E-state index < -0.39 is 0 Å². The molecule has 0 spiro atoms. The minimum absolute atomic E-state index is 0.440. The zero-order valence-electron chi connectivity index (χ0n) is 9.63. The van der Waals surface area contributed by atoms with Crippen molar-refractivity contribution < 1.29 is 0 Å². The van der Waals surface area contributed by atoms with E-state index in [1.807, 2.05) is 0 Å². The van der Waals surface area contributed by atoms with E-state index >= 15 is 0 Å². The predicted molar refractivity (Wildman–Crippen MR) is 62.4 cm³/mol. The molecule has 0 bridgehead atoms. The van der Waals surface area contributed by atoms with Crippen LogP contribution in [-0.4, -0.2) is 35.0 Å². The fourth-order valence-corrected chi connectivity index (χ4v) is 2.99. The molecule has 0 N–H and O–H groups in total. The van der Waals surface area contributed by atoms with Gasteiger partial charge < -0.3 is 0 Å². The van der Waals surface area contributed by atoms with Gasteiger partial charge in [-0.25, -0.2) is 0 Å². The molecule has 2 atom stereocenters. The molecule has 78 valence electrons. The quantitative estimate of drug-likeness (QED) is 0.642. The van der Waals surface area contributed by atoms with Crippen molar-refractivity contribution in [2.24, 2.45) is 5.41 Å². The van der Waals surface area contributed by atoms with Gasteiger partial charge in [0.15, 0.2) is 0 Å². The highest BCUT2D eigenvalue weighted by molar-refractivity contribution is 8.00. The Kier molecular flexibility index (Phi) is 3.70. The second-order valence-electron chi connectivity index (χ2n) is 5.35. The van der Waals surface area contributed by atoms with E-state index in [1.165, 1.54) is 18.8 Å². The van der Waals surface area contributed by atoms with Crippen LogP contribution in [0.5, 0.6) is 0 Å². The Balaban J connectivity index is 2.49. The maximum Gasteiger partial charge on any atom is 0.0184 e. The second kappa shape index (κ2) is 4.22. The van der Waals surface area contributed by atoms with Crippen molar-refractivity contribution in [3.63, 3.8) is 0 Å². The molecule has 1 rings (SSSR count). The van der Waals surface area contributed by atoms with Crippen LogP contribution in [0.2, 0.25) is 0 Å². The lowest BCUT2D eigenvalue weighted by Gasteiger charge is -2.40. The molecule has 0 aromatic carbocycles. The number of hydrogen-bond donors (Lipinski definition) is 0. The normalized spacial score (nSPS) is 32.1. The lowest BCUT2D eigenvalue weighted by atomic mass is 9.95. The molecule has 2 heteroatoms. The fourth-order valence-electron chi connectivity index (χ4n) is 1.83. The first-order valence-corrected chi connectivity index (χ1v) is 6.31. The maximum absolute atomic E-state index is 2.64. The highest BCUT2D eigenvalue weighted by atomic mass is 32.2. The Hall–Kier alpha value is 0.310. The Morgan fingerprint density at radius 2 is 1.92 bits per heavy atom. The van der Waals surface area contributed by atoms with Crippen LogP contribution in [0.15, 0.2) is 0 Å². The number of rotatable bonds is 1. The molecule has 13 heavy (non-hydrogen) atoms. The summed E-state index contributed by atoms with van der Waals surface area (Å²) in [6, 6.07) is 0.748. The van der Waals surface area contributed by atoms with Gasteiger partial charge in [-0.05, 0) is 12.3 Å². The minimum Gasteiger partial charge on any atom is -0.298 e. The van der Waals surface area contributed by atoms with Gasteiger partial charge in [0.25, 0.3) is 0 Å². The van der Waals surface area contributed by atoms with E-state index in [4.69, 9.17) is 0 Å². The van der Waals surface area contributed by atoms with Crippen LogP contribution in [0.3, 0.4) is 0 Å². The van der Waals surface area contributed by atoms with Crippen molar-refractivity contribution >= 4 is 11.8 Å². The first kappa shape index (κ1) is 11.4. The molecule has 1 saturated heterocycles. The van der Waals surface area contributed by atoms with Gasteiger partial charge in [0.05, 0.1) is 0 Å². The molecule has 1 aliphatic heterocycles. The number of nitrogens with zero attached hydrogens (tertiary/aromatic N) is 1. The van der Waals surface area contributed by atoms with Crippen LogP contribution in [0.1, 0.15) is 34.6 Å². The van der Waals surface area contributed by atoms with Crippen LogP contribution >= 0.6 is 11.8 Å². The number of thioether (sulfide) groups is 1. The van der Waals surface area contributed by atoms with Gasteiger partial charge in [-0.1, -0.05) is 27.7 Å². The Bertz CT molecular complexity index is 162. The molecule has 0 radical (unpaired) electrons. The topological polar surface area (TPSA) is 3.24 Å². The second-order valence-corrected chi connectivity index (χ2v) is 6.83. The summed E-state index contributed by atoms with van der Waals surface area (Å²) in [5.74, 6) is 1.31. The third-order valence-corrected chi connectivity index (χ3v) is 4.03. The first-order valence-electron chi connectivity index (χ1n) is 5.26. The molecule has 0 amide bonds. The van der Waals surface area contributed by atoms with Crippen LogP contribution in [-0.2, 0) is 0 Å². The minimum atomic E-state index is 0.440. The van der Waals surface area contributed by atoms with Crippen molar-refractivity contribution in [1.82, 2.24) is 4.90 Å². The summed E-state index contributed by atoms with van der Waals surface area (Å²) in [6.45, 7) is 14.2. The summed E-state index contributed by atoms with van der Waals surface area (Å²) in [5.41, 5.74) is 0.440. The van der Waals surface area contributed by atoms with E-state index in [0.29, 0.717) is 5.41 Å². The molecule has 1 nitrogen and oxygen atoms in total. The molecule has 0 aromatic rings. The fraction of sp³-hybridized carbons (Fsp3) is 1.00. The summed E-state index contributed by atoms with van der Waals surface area (Å²) in [4.78, 5) is 2.64. The summed E-state index contributed by atoms with van der Waals surface area (Å²) < 4.78 is 0. The lowest BCUT2D eigenvalue weighted by molar-refractivity contribution is 0.150. The lowest BCUT2D eigenvalue weighted by Crippen LogP contribution is -2.47. The molecule has 0 saturated carbocycles. The summed E-state index contributed by atoms with van der Waals surface area (Å²) in [6.07, 6.45) is 0. The van der Waals surface area contributed by atoms with Gasteiger partial charge in [-0.3, -0.25) is 4.90 Å². The first-order chi connectivity index (χ1) is 5.90. The molecule has 1 fully saturated rings. The Morgan fingerprint density at radius 1 is 1.31 bits per heavy atom. The van der Waals surface area contributed by atoms with Gasteiger partial charge in [0.2, 0.25) is 0 Å². The van der Waals surface area contributed by atoms with Gasteiger partial charge in [0, 0.05) is 30.1 Å². The summed E-state index contributed by atoms with van der Waals surface area (Å²) in [7, 11) is 0. The molecule has 0 aromatic heterocycles. The van der Waals surface area contributed by atoms with Gasteiger partial charge >= 0.3 is 0 Å². The zero-order valence-corrected chi connectivity index (χ0v) is 10.4. The summed E-state index contributed by atoms with van der Waals surface area (Å²) >= 11 is 2.11. The van der Waals surface area contributed by atoms with Crippen molar-refractivity contribution in [3.05, 3.63) is 0 Å². The van der Waals surface area contributed by atoms with Crippen LogP contribution in [0, 0.1) is 5.41 Å². The van der Waals surface area contributed by atoms with E-state index in [0.717, 1.165) is 11.3 Å². The molecule has 1 heterocycles. The van der Waals surface area contributed by atoms with Crippen molar-refractivity contribution in [2.75, 3.05) is 18.8 Å². The SMILES string of the molecule is CC1SCCN(CC(C)(C)C)C1C. The van der Waals surface area contributed by atoms with Crippen molar-refractivity contribution in [3.8, 4) is 0 Å². The Labute approximate surface area is 87.3 Å². The molecular weight excluding hydrogens is 178 g/mol. The highest BCUT2D eigenvalue weighted by Crippen LogP contribution is 2.27. The summed E-state index contributed by atoms with van der Waals surface area (Å²) in [5, 5.41) is 0.802. The number of hydrogen-bond acceptors (Lipinski definition) is 2. The maximum atomic E-state index is 2.64. The van der Waals surface area contributed by atoms with E-state index in [-0.39, 0.29) is 0 Å². The van der Waals surface area contributed by atoms with E-state index in [2.05, 4.69) is 51.3 Å². The molecule has 1 aliphatic rings. The molecule has 2 unspecified atom stereocenters. The van der Waals surface area contributed by atoms with Gasteiger partial charge in [-0.15, -0.1) is 0 Å². The van der Waals surface area contributed by atoms with Gasteiger partial charge in [0.1, 0.15) is 0 Å². The standard InChI is InChI=1S/C11H23NS/c1-9-10(2)13-7-6-12(9)8-11(3,4)5/h9-10H,6-8H2,1-5H3. The smallest absolute Gasteiger partial charge is 0.0184 e. The third kappa shape index (κ3) is 3.51. The largest absolute Gasteiger partial charge is 0.298 e. The van der Waals surface area contributed by atoms with Crippen molar-refractivity contribution in [2.45, 2.75) is 45.9 Å². The van der Waals surface area contributed by atoms with Gasteiger partial charge in [-0.2, -0.15) is 11.8 Å². The zero-order chi connectivity index (χ0) is 10.1. The molecule has 0 aliphatic carbocycles. The average molecular weight is 201 g/mol. The third-order valence-electron chi connectivity index (χ3n) is 2.69. The average Bonchev–Trinajstić information content (AvgIpc) is 1.96. The monoisotopic (exact) mass is 201 g/mol. The van der Waals surface area contributed by atoms with E-state index in [1.54, 1.807) is 0 Å². The molecular formula is C11H23NS. The predicted octanol–water partition coefficient (Wildman–Crippen LogP) is 2.86. The Morgan fingerprint density at radius 3 is 2.46 bits per heavy atom. The van der Waals surface area contributed by atoms with Crippen LogP contribution in [0.25, 0.3) is 0 Å².